The summed E-state index contributed by atoms with van der Waals surface area (Å²) in [4.78, 5) is 39.6. The van der Waals surface area contributed by atoms with E-state index in [-0.39, 0.29) is 23.8 Å². The van der Waals surface area contributed by atoms with Crippen molar-refractivity contribution in [2.24, 2.45) is 0 Å². The summed E-state index contributed by atoms with van der Waals surface area (Å²) in [6.45, 7) is -0.0395. The molecule has 0 spiro atoms. The maximum Gasteiger partial charge on any atom is 0.270 e. The van der Waals surface area contributed by atoms with Gasteiger partial charge in [-0.2, -0.15) is 0 Å². The fourth-order valence-corrected chi connectivity index (χ4v) is 3.23. The Hall–Kier alpha value is -4.85. The van der Waals surface area contributed by atoms with Crippen LogP contribution in [0.1, 0.15) is 11.1 Å². The van der Waals surface area contributed by atoms with Crippen molar-refractivity contribution in [2.75, 3.05) is 0 Å². The number of non-ortho nitro benzene ring substituents is 1. The fourth-order valence-electron chi connectivity index (χ4n) is 3.23. The van der Waals surface area contributed by atoms with E-state index in [2.05, 4.69) is 4.98 Å². The molecule has 8 nitrogen and oxygen atoms in total. The van der Waals surface area contributed by atoms with E-state index in [4.69, 9.17) is 4.74 Å². The lowest BCUT2D eigenvalue weighted by Gasteiger charge is -2.11. The largest absolute Gasteiger partial charge is 0.472 e. The van der Waals surface area contributed by atoms with Gasteiger partial charge in [0.05, 0.1) is 15.8 Å². The van der Waals surface area contributed by atoms with Gasteiger partial charge in [-0.1, -0.05) is 48.5 Å². The Kier molecular flexibility index (Phi) is 6.69. The molecule has 0 amide bonds. The highest BCUT2D eigenvalue weighted by atomic mass is 16.6. The Balaban J connectivity index is 1.46. The number of hydrogen-bond acceptors (Lipinski definition) is 6. The van der Waals surface area contributed by atoms with Crippen LogP contribution in [0.15, 0.2) is 96.1 Å². The number of carbonyl (C=O) groups is 1. The molecule has 0 aliphatic heterocycles. The van der Waals surface area contributed by atoms with Crippen LogP contribution >= 0.6 is 0 Å². The van der Waals surface area contributed by atoms with E-state index >= 15 is 0 Å². The highest BCUT2D eigenvalue weighted by Gasteiger charge is 2.06. The van der Waals surface area contributed by atoms with Crippen LogP contribution in [-0.2, 0) is 11.5 Å². The van der Waals surface area contributed by atoms with Crippen LogP contribution < -0.4 is 10.3 Å². The smallest absolute Gasteiger partial charge is 0.270 e. The summed E-state index contributed by atoms with van der Waals surface area (Å²) >= 11 is 0. The molecule has 8 heteroatoms. The minimum absolute atomic E-state index is 0.0395. The first-order valence-corrected chi connectivity index (χ1v) is 10.3. The number of nitro groups is 1. The van der Waals surface area contributed by atoms with Crippen LogP contribution in [0.2, 0.25) is 0 Å². The van der Waals surface area contributed by atoms with Crippen LogP contribution in [0, 0.1) is 10.1 Å². The van der Waals surface area contributed by atoms with Gasteiger partial charge < -0.3 is 4.74 Å². The number of para-hydroxylation sites is 2. The van der Waals surface area contributed by atoms with Crippen molar-refractivity contribution in [3.8, 4) is 5.75 Å². The van der Waals surface area contributed by atoms with Crippen LogP contribution in [0.5, 0.6) is 5.75 Å². The molecule has 0 aliphatic rings. The van der Waals surface area contributed by atoms with Crippen molar-refractivity contribution >= 4 is 34.5 Å². The Labute approximate surface area is 194 Å². The van der Waals surface area contributed by atoms with Gasteiger partial charge in [0.25, 0.3) is 11.2 Å². The average Bonchev–Trinajstić information content (AvgIpc) is 2.86. The third-order valence-electron chi connectivity index (χ3n) is 4.96. The molecule has 0 saturated carbocycles. The second kappa shape index (κ2) is 10.2. The standard InChI is InChI=1S/C26H19N3O5/c30-22(14-12-19-6-5-8-21(16-19)29(32)33)15-13-20-7-1-4-11-25(20)34-18-28-17-27-24-10-3-2-9-23(24)26(28)31/h1-17H,18H2/b14-12+,15-13+. The predicted octanol–water partition coefficient (Wildman–Crippen LogP) is 4.64. The third kappa shape index (κ3) is 5.31. The topological polar surface area (TPSA) is 104 Å². The molecule has 0 saturated heterocycles. The molecule has 4 rings (SSSR count). The molecule has 0 bridgehead atoms. The minimum atomic E-state index is -0.488. The number of aromatic nitrogens is 2. The van der Waals surface area contributed by atoms with Gasteiger partial charge in [0.2, 0.25) is 0 Å². The number of ether oxygens (including phenoxy) is 1. The molecule has 1 heterocycles. The number of nitrogens with zero attached hydrogens (tertiary/aromatic N) is 3. The lowest BCUT2D eigenvalue weighted by molar-refractivity contribution is -0.384. The maximum absolute atomic E-state index is 12.6. The van der Waals surface area contributed by atoms with Gasteiger partial charge in [-0.05, 0) is 42.0 Å². The lowest BCUT2D eigenvalue weighted by atomic mass is 10.1. The Bertz CT molecular complexity index is 1490. The van der Waals surface area contributed by atoms with Gasteiger partial charge in [0.1, 0.15) is 12.1 Å². The summed E-state index contributed by atoms with van der Waals surface area (Å²) in [5, 5.41) is 11.4. The van der Waals surface area contributed by atoms with Crippen LogP contribution in [0.3, 0.4) is 0 Å². The fraction of sp³-hybridized carbons (Fsp3) is 0.0385. The number of ketones is 1. The van der Waals surface area contributed by atoms with Gasteiger partial charge in [-0.15, -0.1) is 0 Å². The molecule has 168 valence electrons. The molecule has 34 heavy (non-hydrogen) atoms. The molecular weight excluding hydrogens is 434 g/mol. The van der Waals surface area contributed by atoms with Crippen molar-refractivity contribution < 1.29 is 14.5 Å². The summed E-state index contributed by atoms with van der Waals surface area (Å²) in [5.41, 5.74) is 1.57. The molecule has 0 atom stereocenters. The van der Waals surface area contributed by atoms with Crippen molar-refractivity contribution in [3.05, 3.63) is 123 Å². The SMILES string of the molecule is O=C(/C=C/c1cccc([N+](=O)[O-])c1)/C=C/c1ccccc1OCn1cnc2ccccc2c1=O. The molecule has 4 aromatic rings. The van der Waals surface area contributed by atoms with Crippen LogP contribution in [0.25, 0.3) is 23.1 Å². The van der Waals surface area contributed by atoms with Gasteiger partial charge >= 0.3 is 0 Å². The first-order valence-electron chi connectivity index (χ1n) is 10.3. The van der Waals surface area contributed by atoms with Gasteiger partial charge in [-0.3, -0.25) is 24.3 Å². The number of benzene rings is 3. The second-order valence-electron chi connectivity index (χ2n) is 7.27. The summed E-state index contributed by atoms with van der Waals surface area (Å²) < 4.78 is 7.20. The summed E-state index contributed by atoms with van der Waals surface area (Å²) in [7, 11) is 0. The normalized spacial score (nSPS) is 11.3. The van der Waals surface area contributed by atoms with E-state index in [1.54, 1.807) is 60.7 Å². The van der Waals surface area contributed by atoms with Crippen LogP contribution in [-0.4, -0.2) is 20.3 Å². The van der Waals surface area contributed by atoms with E-state index in [1.807, 2.05) is 6.07 Å². The van der Waals surface area contributed by atoms with Crippen molar-refractivity contribution in [3.63, 3.8) is 0 Å². The summed E-state index contributed by atoms with van der Waals surface area (Å²) in [6.07, 6.45) is 7.27. The first-order chi connectivity index (χ1) is 16.5. The molecule has 0 aliphatic carbocycles. The zero-order valence-corrected chi connectivity index (χ0v) is 17.9. The average molecular weight is 453 g/mol. The number of hydrogen-bond donors (Lipinski definition) is 0. The highest BCUT2D eigenvalue weighted by Crippen LogP contribution is 2.20. The van der Waals surface area contributed by atoms with E-state index in [1.165, 1.54) is 41.3 Å². The zero-order valence-electron chi connectivity index (χ0n) is 17.9. The van der Waals surface area contributed by atoms with Crippen molar-refractivity contribution in [1.29, 1.82) is 0 Å². The number of allylic oxidation sites excluding steroid dienone is 2. The Morgan fingerprint density at radius 3 is 2.62 bits per heavy atom. The molecular formula is C26H19N3O5. The maximum atomic E-state index is 12.6. The molecule has 3 aromatic carbocycles. The summed E-state index contributed by atoms with van der Waals surface area (Å²) in [6, 6.07) is 20.2. The number of rotatable bonds is 8. The first kappa shape index (κ1) is 22.3. The van der Waals surface area contributed by atoms with Gasteiger partial charge in [0, 0.05) is 17.7 Å². The highest BCUT2D eigenvalue weighted by molar-refractivity contribution is 6.04. The third-order valence-corrected chi connectivity index (χ3v) is 4.96. The van der Waals surface area contributed by atoms with Gasteiger partial charge in [-0.25, -0.2) is 4.98 Å². The molecule has 0 N–H and O–H groups in total. The quantitative estimate of drug-likeness (QED) is 0.219. The minimum Gasteiger partial charge on any atom is -0.472 e. The zero-order chi connectivity index (χ0) is 23.9. The van der Waals surface area contributed by atoms with E-state index < -0.39 is 4.92 Å². The van der Waals surface area contributed by atoms with Crippen molar-refractivity contribution in [1.82, 2.24) is 9.55 Å². The number of fused-ring (bicyclic) bond motifs is 1. The lowest BCUT2D eigenvalue weighted by Crippen LogP contribution is -2.23. The Morgan fingerprint density at radius 1 is 1.00 bits per heavy atom. The van der Waals surface area contributed by atoms with E-state index in [0.29, 0.717) is 27.8 Å². The number of carbonyl (C=O) groups excluding carboxylic acids is 1. The van der Waals surface area contributed by atoms with E-state index in [9.17, 15) is 19.7 Å². The Morgan fingerprint density at radius 2 is 1.76 bits per heavy atom. The molecule has 0 fully saturated rings. The summed E-state index contributed by atoms with van der Waals surface area (Å²) in [5.74, 6) is 0.200. The molecule has 1 aromatic heterocycles. The van der Waals surface area contributed by atoms with Crippen LogP contribution in [0.4, 0.5) is 5.69 Å². The predicted molar refractivity (Wildman–Crippen MR) is 129 cm³/mol. The monoisotopic (exact) mass is 453 g/mol. The van der Waals surface area contributed by atoms with Crippen molar-refractivity contribution in [2.45, 2.75) is 6.73 Å². The van der Waals surface area contributed by atoms with Gasteiger partial charge in [0.15, 0.2) is 12.5 Å². The molecule has 0 unspecified atom stereocenters. The van der Waals surface area contributed by atoms with E-state index in [0.717, 1.165) is 0 Å². The molecule has 0 radical (unpaired) electrons. The second-order valence-corrected chi connectivity index (χ2v) is 7.27. The number of nitro benzene ring substituents is 1.